The van der Waals surface area contributed by atoms with Crippen LogP contribution >= 0.6 is 0 Å². The number of aliphatic hydroxyl groups excluding tert-OH is 1. The fourth-order valence-corrected chi connectivity index (χ4v) is 5.41. The zero-order valence-corrected chi connectivity index (χ0v) is 15.2. The van der Waals surface area contributed by atoms with Gasteiger partial charge in [-0.05, 0) is 47.9 Å². The van der Waals surface area contributed by atoms with Crippen LogP contribution in [0.2, 0.25) is 0 Å². The molecule has 5 heteroatoms. The molecule has 0 radical (unpaired) electrons. The van der Waals surface area contributed by atoms with E-state index in [1.165, 1.54) is 11.6 Å². The Morgan fingerprint density at radius 2 is 2.15 bits per heavy atom. The number of allylic oxidation sites excluding steroid dienone is 3. The molecule has 2 heterocycles. The molecule has 2 bridgehead atoms. The number of carbonyl (C=O) groups excluding carboxylic acids is 1. The van der Waals surface area contributed by atoms with E-state index in [2.05, 4.69) is 25.6 Å². The number of rotatable bonds is 3. The third-order valence-electron chi connectivity index (χ3n) is 6.67. The van der Waals surface area contributed by atoms with Crippen molar-refractivity contribution in [2.45, 2.75) is 38.2 Å². The lowest BCUT2D eigenvalue weighted by molar-refractivity contribution is -0.114. The van der Waals surface area contributed by atoms with Crippen LogP contribution in [0.15, 0.2) is 54.0 Å². The van der Waals surface area contributed by atoms with Gasteiger partial charge in [0.05, 0.1) is 5.41 Å². The first-order valence-corrected chi connectivity index (χ1v) is 9.40. The van der Waals surface area contributed by atoms with Crippen molar-refractivity contribution in [3.8, 4) is 11.5 Å². The molecule has 2 fully saturated rings. The summed E-state index contributed by atoms with van der Waals surface area (Å²) in [6.07, 6.45) is 5.41. The SMILES string of the molecule is C=CCC1=C(O)C(=O)C=C2OC3CC(c4ccc5c(c4)OCO5)C(C)C21C3. The molecule has 1 saturated heterocycles. The molecule has 4 aliphatic rings. The van der Waals surface area contributed by atoms with Crippen molar-refractivity contribution in [3.63, 3.8) is 0 Å². The van der Waals surface area contributed by atoms with Crippen molar-refractivity contribution in [1.82, 2.24) is 0 Å². The largest absolute Gasteiger partial charge is 0.504 e. The molecule has 140 valence electrons. The highest BCUT2D eigenvalue weighted by atomic mass is 16.7. The molecule has 4 atom stereocenters. The molecular weight excluding hydrogens is 344 g/mol. The second-order valence-corrected chi connectivity index (χ2v) is 7.85. The molecule has 1 saturated carbocycles. The topological polar surface area (TPSA) is 65.0 Å². The molecule has 1 aromatic rings. The Bertz CT molecular complexity index is 911. The van der Waals surface area contributed by atoms with Gasteiger partial charge in [0.1, 0.15) is 11.9 Å². The van der Waals surface area contributed by atoms with E-state index in [1.54, 1.807) is 6.08 Å². The number of hydrogen-bond acceptors (Lipinski definition) is 5. The van der Waals surface area contributed by atoms with Gasteiger partial charge in [-0.25, -0.2) is 0 Å². The summed E-state index contributed by atoms with van der Waals surface area (Å²) in [5, 5.41) is 10.6. The molecule has 2 aliphatic heterocycles. The third-order valence-corrected chi connectivity index (χ3v) is 6.67. The van der Waals surface area contributed by atoms with Gasteiger partial charge in [-0.1, -0.05) is 19.1 Å². The van der Waals surface area contributed by atoms with Crippen molar-refractivity contribution in [2.24, 2.45) is 11.3 Å². The van der Waals surface area contributed by atoms with Gasteiger partial charge in [-0.15, -0.1) is 6.58 Å². The predicted molar refractivity (Wildman–Crippen MR) is 98.6 cm³/mol. The highest BCUT2D eigenvalue weighted by Gasteiger charge is 2.60. The number of ether oxygens (including phenoxy) is 3. The second-order valence-electron chi connectivity index (χ2n) is 7.85. The van der Waals surface area contributed by atoms with Crippen molar-refractivity contribution >= 4 is 5.78 Å². The van der Waals surface area contributed by atoms with E-state index in [0.717, 1.165) is 29.9 Å². The highest BCUT2D eigenvalue weighted by molar-refractivity contribution is 6.04. The molecule has 2 aliphatic carbocycles. The van der Waals surface area contributed by atoms with Gasteiger partial charge in [0, 0.05) is 12.5 Å². The molecule has 0 aromatic heterocycles. The molecule has 1 aromatic carbocycles. The lowest BCUT2D eigenvalue weighted by atomic mass is 9.56. The fraction of sp³-hybridized carbons (Fsp3) is 0.409. The summed E-state index contributed by atoms with van der Waals surface area (Å²) in [6, 6.07) is 6.10. The van der Waals surface area contributed by atoms with Crippen molar-refractivity contribution in [3.05, 3.63) is 59.6 Å². The zero-order valence-electron chi connectivity index (χ0n) is 15.2. The van der Waals surface area contributed by atoms with Crippen LogP contribution in [0.5, 0.6) is 11.5 Å². The minimum Gasteiger partial charge on any atom is -0.504 e. The Hall–Kier alpha value is -2.69. The van der Waals surface area contributed by atoms with Crippen molar-refractivity contribution in [2.75, 3.05) is 6.79 Å². The second kappa shape index (κ2) is 5.65. The van der Waals surface area contributed by atoms with Gasteiger partial charge < -0.3 is 19.3 Å². The number of benzene rings is 1. The van der Waals surface area contributed by atoms with Gasteiger partial charge in [-0.2, -0.15) is 0 Å². The van der Waals surface area contributed by atoms with E-state index in [-0.39, 0.29) is 36.3 Å². The van der Waals surface area contributed by atoms with E-state index >= 15 is 0 Å². The average molecular weight is 366 g/mol. The molecule has 1 N–H and O–H groups in total. The predicted octanol–water partition coefficient (Wildman–Crippen LogP) is 4.17. The number of carbonyl (C=O) groups is 1. The van der Waals surface area contributed by atoms with E-state index in [0.29, 0.717) is 12.2 Å². The van der Waals surface area contributed by atoms with Crippen LogP contribution in [-0.4, -0.2) is 23.8 Å². The van der Waals surface area contributed by atoms with E-state index in [9.17, 15) is 9.90 Å². The molecule has 5 nitrogen and oxygen atoms in total. The summed E-state index contributed by atoms with van der Waals surface area (Å²) in [6.45, 7) is 6.27. The van der Waals surface area contributed by atoms with Crippen LogP contribution in [0.4, 0.5) is 0 Å². The fourth-order valence-electron chi connectivity index (χ4n) is 5.41. The Labute approximate surface area is 157 Å². The quantitative estimate of drug-likeness (QED) is 0.814. The maximum atomic E-state index is 12.3. The van der Waals surface area contributed by atoms with Crippen LogP contribution in [0.3, 0.4) is 0 Å². The van der Waals surface area contributed by atoms with E-state index in [1.807, 2.05) is 6.07 Å². The summed E-state index contributed by atoms with van der Waals surface area (Å²) in [7, 11) is 0. The minimum absolute atomic E-state index is 0.0291. The summed E-state index contributed by atoms with van der Waals surface area (Å²) < 4.78 is 17.2. The lowest BCUT2D eigenvalue weighted by Gasteiger charge is -2.44. The van der Waals surface area contributed by atoms with Crippen LogP contribution in [0, 0.1) is 11.3 Å². The van der Waals surface area contributed by atoms with Crippen LogP contribution in [0.25, 0.3) is 0 Å². The lowest BCUT2D eigenvalue weighted by Crippen LogP contribution is -2.41. The summed E-state index contributed by atoms with van der Waals surface area (Å²) in [4.78, 5) is 12.3. The van der Waals surface area contributed by atoms with Gasteiger partial charge >= 0.3 is 0 Å². The van der Waals surface area contributed by atoms with E-state index in [4.69, 9.17) is 14.2 Å². The van der Waals surface area contributed by atoms with E-state index < -0.39 is 5.41 Å². The van der Waals surface area contributed by atoms with Gasteiger partial charge in [0.25, 0.3) is 0 Å². The Balaban J connectivity index is 1.61. The normalized spacial score (nSPS) is 33.4. The van der Waals surface area contributed by atoms with Crippen LogP contribution in [0.1, 0.15) is 37.7 Å². The zero-order chi connectivity index (χ0) is 18.8. The number of fused-ring (bicyclic) bond motifs is 2. The standard InChI is InChI=1S/C22H22O5/c1-3-4-16-21(24)17(23)9-20-22(16)10-14(27-20)8-15(12(22)2)13-5-6-18-19(7-13)26-11-25-18/h3,5-7,9,12,14-15,24H,1,4,8,10-11H2,2H3. The molecular formula is C22H22O5. The Morgan fingerprint density at radius 3 is 2.96 bits per heavy atom. The van der Waals surface area contributed by atoms with Crippen LogP contribution in [-0.2, 0) is 9.53 Å². The van der Waals surface area contributed by atoms with Gasteiger partial charge in [0.2, 0.25) is 12.6 Å². The number of aliphatic hydroxyl groups is 1. The maximum Gasteiger partial charge on any atom is 0.231 e. The van der Waals surface area contributed by atoms with Gasteiger partial charge in [-0.3, -0.25) is 4.79 Å². The number of hydrogen-bond donors (Lipinski definition) is 1. The highest BCUT2D eigenvalue weighted by Crippen LogP contribution is 2.64. The molecule has 4 unspecified atom stereocenters. The van der Waals surface area contributed by atoms with Crippen molar-refractivity contribution < 1.29 is 24.1 Å². The Kier molecular flexibility index (Phi) is 3.45. The third kappa shape index (κ3) is 2.14. The summed E-state index contributed by atoms with van der Waals surface area (Å²) >= 11 is 0. The monoisotopic (exact) mass is 366 g/mol. The maximum absolute atomic E-state index is 12.3. The number of ketones is 1. The van der Waals surface area contributed by atoms with Crippen LogP contribution < -0.4 is 9.47 Å². The average Bonchev–Trinajstić information content (AvgIpc) is 3.24. The Morgan fingerprint density at radius 1 is 1.33 bits per heavy atom. The molecule has 5 rings (SSSR count). The van der Waals surface area contributed by atoms with Gasteiger partial charge in [0.15, 0.2) is 17.3 Å². The summed E-state index contributed by atoms with van der Waals surface area (Å²) in [5.41, 5.74) is 1.48. The molecule has 27 heavy (non-hydrogen) atoms. The molecule has 0 amide bonds. The first-order valence-electron chi connectivity index (χ1n) is 9.40. The first-order chi connectivity index (χ1) is 13.0. The summed E-state index contributed by atoms with van der Waals surface area (Å²) in [5.74, 6) is 2.14. The first kappa shape index (κ1) is 16.5. The minimum atomic E-state index is -0.448. The molecule has 1 spiro atoms. The van der Waals surface area contributed by atoms with Crippen molar-refractivity contribution in [1.29, 1.82) is 0 Å². The smallest absolute Gasteiger partial charge is 0.231 e.